The van der Waals surface area contributed by atoms with Gasteiger partial charge in [0.25, 0.3) is 5.56 Å². The van der Waals surface area contributed by atoms with Crippen LogP contribution < -0.4 is 21.5 Å². The average Bonchev–Trinajstić information content (AvgIpc) is 2.70. The Morgan fingerprint density at radius 3 is 2.26 bits per heavy atom. The SMILES string of the molecule is Cc1cccc(NC(=O)Nc2ccc(C)n(CC(=O)Nc3ccc(C)c(C)c3)c2=O)c1. The van der Waals surface area contributed by atoms with E-state index in [1.807, 2.05) is 57.2 Å². The highest BCUT2D eigenvalue weighted by Crippen LogP contribution is 2.14. The van der Waals surface area contributed by atoms with Crippen molar-refractivity contribution in [2.75, 3.05) is 16.0 Å². The molecular formula is C24H26N4O3. The van der Waals surface area contributed by atoms with Crippen molar-refractivity contribution in [3.63, 3.8) is 0 Å². The molecule has 0 aliphatic heterocycles. The molecule has 1 heterocycles. The number of nitrogens with zero attached hydrogens (tertiary/aromatic N) is 1. The van der Waals surface area contributed by atoms with E-state index in [2.05, 4.69) is 16.0 Å². The lowest BCUT2D eigenvalue weighted by Crippen LogP contribution is -2.32. The summed E-state index contributed by atoms with van der Waals surface area (Å²) in [6.45, 7) is 7.46. The number of hydrogen-bond donors (Lipinski definition) is 3. The van der Waals surface area contributed by atoms with Crippen molar-refractivity contribution in [1.29, 1.82) is 0 Å². The van der Waals surface area contributed by atoms with Crippen LogP contribution in [-0.4, -0.2) is 16.5 Å². The summed E-state index contributed by atoms with van der Waals surface area (Å²) in [4.78, 5) is 37.7. The van der Waals surface area contributed by atoms with Crippen LogP contribution in [-0.2, 0) is 11.3 Å². The molecule has 3 aromatic rings. The van der Waals surface area contributed by atoms with E-state index in [9.17, 15) is 14.4 Å². The first kappa shape index (κ1) is 21.8. The van der Waals surface area contributed by atoms with Crippen LogP contribution in [0.1, 0.15) is 22.4 Å². The van der Waals surface area contributed by atoms with E-state index in [0.717, 1.165) is 16.7 Å². The molecule has 0 aliphatic rings. The second kappa shape index (κ2) is 9.30. The summed E-state index contributed by atoms with van der Waals surface area (Å²) >= 11 is 0. The number of hydrogen-bond acceptors (Lipinski definition) is 3. The van der Waals surface area contributed by atoms with Gasteiger partial charge < -0.3 is 20.5 Å². The minimum Gasteiger partial charge on any atom is -0.325 e. The van der Waals surface area contributed by atoms with Gasteiger partial charge in [-0.3, -0.25) is 9.59 Å². The molecular weight excluding hydrogens is 392 g/mol. The maximum absolute atomic E-state index is 12.9. The molecule has 0 spiro atoms. The first-order chi connectivity index (χ1) is 14.7. The zero-order valence-corrected chi connectivity index (χ0v) is 18.1. The third-order valence-corrected chi connectivity index (χ3v) is 5.01. The smallest absolute Gasteiger partial charge is 0.323 e. The number of pyridine rings is 1. The van der Waals surface area contributed by atoms with Gasteiger partial charge in [-0.1, -0.05) is 18.2 Å². The van der Waals surface area contributed by atoms with E-state index in [4.69, 9.17) is 0 Å². The van der Waals surface area contributed by atoms with Crippen molar-refractivity contribution < 1.29 is 9.59 Å². The number of amides is 3. The molecule has 7 heteroatoms. The summed E-state index contributed by atoms with van der Waals surface area (Å²) in [7, 11) is 0. The maximum atomic E-state index is 12.9. The minimum atomic E-state index is -0.530. The maximum Gasteiger partial charge on any atom is 0.323 e. The normalized spacial score (nSPS) is 10.5. The second-order valence-electron chi connectivity index (χ2n) is 7.58. The number of rotatable bonds is 5. The van der Waals surface area contributed by atoms with Gasteiger partial charge in [-0.15, -0.1) is 0 Å². The van der Waals surface area contributed by atoms with E-state index in [1.54, 1.807) is 19.1 Å². The first-order valence-electron chi connectivity index (χ1n) is 9.95. The third-order valence-electron chi connectivity index (χ3n) is 5.01. The fraction of sp³-hybridized carbons (Fsp3) is 0.208. The highest BCUT2D eigenvalue weighted by Gasteiger charge is 2.13. The van der Waals surface area contributed by atoms with Gasteiger partial charge in [0.15, 0.2) is 0 Å². The Morgan fingerprint density at radius 1 is 0.806 bits per heavy atom. The summed E-state index contributed by atoms with van der Waals surface area (Å²) in [5.41, 5.74) is 4.76. The topological polar surface area (TPSA) is 92.2 Å². The predicted molar refractivity (Wildman–Crippen MR) is 124 cm³/mol. The molecule has 31 heavy (non-hydrogen) atoms. The van der Waals surface area contributed by atoms with E-state index < -0.39 is 11.6 Å². The summed E-state index contributed by atoms with van der Waals surface area (Å²) < 4.78 is 1.33. The van der Waals surface area contributed by atoms with Crippen LogP contribution in [0, 0.1) is 27.7 Å². The van der Waals surface area contributed by atoms with Gasteiger partial charge in [-0.25, -0.2) is 4.79 Å². The number of anilines is 3. The molecule has 3 N–H and O–H groups in total. The first-order valence-corrected chi connectivity index (χ1v) is 9.95. The zero-order chi connectivity index (χ0) is 22.5. The Hall–Kier alpha value is -3.87. The number of urea groups is 1. The Kier molecular flexibility index (Phi) is 6.55. The number of aromatic nitrogens is 1. The van der Waals surface area contributed by atoms with Gasteiger partial charge in [0.05, 0.1) is 0 Å². The van der Waals surface area contributed by atoms with Crippen LogP contribution in [0.5, 0.6) is 0 Å². The van der Waals surface area contributed by atoms with Crippen LogP contribution in [0.4, 0.5) is 21.9 Å². The van der Waals surface area contributed by atoms with Crippen molar-refractivity contribution in [2.45, 2.75) is 34.2 Å². The molecule has 160 valence electrons. The lowest BCUT2D eigenvalue weighted by Gasteiger charge is -2.14. The van der Waals surface area contributed by atoms with Gasteiger partial charge in [-0.2, -0.15) is 0 Å². The second-order valence-corrected chi connectivity index (χ2v) is 7.58. The Balaban J connectivity index is 1.72. The number of aryl methyl sites for hydroxylation is 4. The number of carbonyl (C=O) groups is 2. The van der Waals surface area contributed by atoms with Crippen LogP contribution in [0.3, 0.4) is 0 Å². The van der Waals surface area contributed by atoms with Crippen LogP contribution in [0.2, 0.25) is 0 Å². The van der Waals surface area contributed by atoms with Gasteiger partial charge in [0.2, 0.25) is 5.91 Å². The summed E-state index contributed by atoms with van der Waals surface area (Å²) in [6, 6.07) is 15.7. The fourth-order valence-corrected chi connectivity index (χ4v) is 3.13. The minimum absolute atomic E-state index is 0.0923. The van der Waals surface area contributed by atoms with Crippen molar-refractivity contribution in [1.82, 2.24) is 4.57 Å². The Labute approximate surface area is 181 Å². The lowest BCUT2D eigenvalue weighted by atomic mass is 10.1. The molecule has 0 aliphatic carbocycles. The van der Waals surface area contributed by atoms with Gasteiger partial charge >= 0.3 is 6.03 Å². The van der Waals surface area contributed by atoms with Gasteiger partial charge in [0.1, 0.15) is 12.2 Å². The Bertz CT molecular complexity index is 1200. The number of carbonyl (C=O) groups excluding carboxylic acids is 2. The predicted octanol–water partition coefficient (Wildman–Crippen LogP) is 4.36. The highest BCUT2D eigenvalue weighted by molar-refractivity contribution is 5.99. The van der Waals surface area contributed by atoms with Crippen molar-refractivity contribution in [3.05, 3.63) is 87.3 Å². The Morgan fingerprint density at radius 2 is 1.55 bits per heavy atom. The summed E-state index contributed by atoms with van der Waals surface area (Å²) in [6.07, 6.45) is 0. The van der Waals surface area contributed by atoms with Gasteiger partial charge in [-0.05, 0) is 80.8 Å². The van der Waals surface area contributed by atoms with Crippen molar-refractivity contribution in [2.24, 2.45) is 0 Å². The van der Waals surface area contributed by atoms with E-state index in [0.29, 0.717) is 17.1 Å². The van der Waals surface area contributed by atoms with Crippen molar-refractivity contribution in [3.8, 4) is 0 Å². The average molecular weight is 418 g/mol. The molecule has 0 fully saturated rings. The summed E-state index contributed by atoms with van der Waals surface area (Å²) in [5.74, 6) is -0.324. The molecule has 0 unspecified atom stereocenters. The molecule has 3 rings (SSSR count). The third kappa shape index (κ3) is 5.60. The quantitative estimate of drug-likeness (QED) is 0.575. The number of benzene rings is 2. The molecule has 3 amide bonds. The highest BCUT2D eigenvalue weighted by atomic mass is 16.2. The van der Waals surface area contributed by atoms with Gasteiger partial charge in [0, 0.05) is 17.1 Å². The molecule has 0 radical (unpaired) electrons. The number of nitrogens with one attached hydrogen (secondary N) is 3. The summed E-state index contributed by atoms with van der Waals surface area (Å²) in [5, 5.41) is 8.08. The van der Waals surface area contributed by atoms with E-state index >= 15 is 0 Å². The standard InChI is InChI=1S/C24H26N4O3/c1-15-6-5-7-19(12-15)26-24(31)27-21-11-9-18(4)28(23(21)30)14-22(29)25-20-10-8-16(2)17(3)13-20/h5-13H,14H2,1-4H3,(H,25,29)(H2,26,27,31). The molecule has 1 aromatic heterocycles. The lowest BCUT2D eigenvalue weighted by molar-refractivity contribution is -0.116. The van der Waals surface area contributed by atoms with Crippen molar-refractivity contribution >= 4 is 29.0 Å². The van der Waals surface area contributed by atoms with E-state index in [-0.39, 0.29) is 18.1 Å². The molecule has 0 bridgehead atoms. The molecule has 0 saturated heterocycles. The fourth-order valence-electron chi connectivity index (χ4n) is 3.13. The van der Waals surface area contributed by atoms with Crippen LogP contribution in [0.25, 0.3) is 0 Å². The van der Waals surface area contributed by atoms with Crippen LogP contribution in [0.15, 0.2) is 59.4 Å². The largest absolute Gasteiger partial charge is 0.325 e. The molecule has 0 atom stereocenters. The van der Waals surface area contributed by atoms with Crippen LogP contribution >= 0.6 is 0 Å². The molecule has 7 nitrogen and oxygen atoms in total. The molecule has 2 aromatic carbocycles. The molecule has 0 saturated carbocycles. The van der Waals surface area contributed by atoms with E-state index in [1.165, 1.54) is 10.6 Å². The monoisotopic (exact) mass is 418 g/mol. The zero-order valence-electron chi connectivity index (χ0n) is 18.1.